The summed E-state index contributed by atoms with van der Waals surface area (Å²) in [6.07, 6.45) is 0. The Hall–Kier alpha value is -2.76. The summed E-state index contributed by atoms with van der Waals surface area (Å²) >= 11 is 0. The fraction of sp³-hybridized carbons (Fsp3) is 0.133. The molecule has 2 aromatic rings. The third kappa shape index (κ3) is 3.42. The zero-order valence-corrected chi connectivity index (χ0v) is 11.3. The summed E-state index contributed by atoms with van der Waals surface area (Å²) in [5.74, 6) is -0.812. The van der Waals surface area contributed by atoms with Gasteiger partial charge in [-0.05, 0) is 30.7 Å². The summed E-state index contributed by atoms with van der Waals surface area (Å²) in [6.45, 7) is 1.66. The standard InChI is InChI=1S/C15H13FN2O3/c1-10-8-12(16)6-7-13(10)15(19)17-9-11-4-2-3-5-14(11)18(20)21/h2-8H,9H2,1H3,(H,17,19). The third-order valence-electron chi connectivity index (χ3n) is 3.06. The van der Waals surface area contributed by atoms with Gasteiger partial charge in [-0.3, -0.25) is 14.9 Å². The zero-order valence-electron chi connectivity index (χ0n) is 11.3. The van der Waals surface area contributed by atoms with E-state index in [4.69, 9.17) is 0 Å². The smallest absolute Gasteiger partial charge is 0.274 e. The molecule has 0 spiro atoms. The lowest BCUT2D eigenvalue weighted by atomic mass is 10.1. The van der Waals surface area contributed by atoms with Gasteiger partial charge in [0, 0.05) is 23.7 Å². The van der Waals surface area contributed by atoms with Gasteiger partial charge < -0.3 is 5.32 Å². The van der Waals surface area contributed by atoms with E-state index >= 15 is 0 Å². The van der Waals surface area contributed by atoms with Gasteiger partial charge in [-0.1, -0.05) is 18.2 Å². The molecule has 5 nitrogen and oxygen atoms in total. The minimum absolute atomic E-state index is 0.0345. The van der Waals surface area contributed by atoms with Gasteiger partial charge >= 0.3 is 0 Å². The number of hydrogen-bond donors (Lipinski definition) is 1. The summed E-state index contributed by atoms with van der Waals surface area (Å²) < 4.78 is 13.0. The Morgan fingerprint density at radius 2 is 2.00 bits per heavy atom. The van der Waals surface area contributed by atoms with E-state index in [2.05, 4.69) is 5.32 Å². The molecule has 2 aromatic carbocycles. The highest BCUT2D eigenvalue weighted by Gasteiger charge is 2.14. The fourth-order valence-electron chi connectivity index (χ4n) is 1.99. The number of nitrogens with one attached hydrogen (secondary N) is 1. The van der Waals surface area contributed by atoms with E-state index in [0.29, 0.717) is 16.7 Å². The number of carbonyl (C=O) groups excluding carboxylic acids is 1. The molecule has 21 heavy (non-hydrogen) atoms. The van der Waals surface area contributed by atoms with Gasteiger partial charge in [-0.2, -0.15) is 0 Å². The molecule has 0 heterocycles. The maximum absolute atomic E-state index is 13.0. The molecule has 1 amide bonds. The molecule has 0 aliphatic heterocycles. The quantitative estimate of drug-likeness (QED) is 0.694. The van der Waals surface area contributed by atoms with Crippen LogP contribution < -0.4 is 5.32 Å². The fourth-order valence-corrected chi connectivity index (χ4v) is 1.99. The lowest BCUT2D eigenvalue weighted by molar-refractivity contribution is -0.385. The van der Waals surface area contributed by atoms with Crippen LogP contribution in [0.25, 0.3) is 0 Å². The average Bonchev–Trinajstić information content (AvgIpc) is 2.45. The highest BCUT2D eigenvalue weighted by atomic mass is 19.1. The van der Waals surface area contributed by atoms with Crippen molar-refractivity contribution in [1.82, 2.24) is 5.32 Å². The van der Waals surface area contributed by atoms with E-state index in [9.17, 15) is 19.3 Å². The van der Waals surface area contributed by atoms with Crippen molar-refractivity contribution in [3.63, 3.8) is 0 Å². The summed E-state index contributed by atoms with van der Waals surface area (Å²) in [5.41, 5.74) is 1.22. The zero-order chi connectivity index (χ0) is 15.4. The highest BCUT2D eigenvalue weighted by Crippen LogP contribution is 2.17. The number of hydrogen-bond acceptors (Lipinski definition) is 3. The molecule has 0 aliphatic carbocycles. The van der Waals surface area contributed by atoms with Crippen molar-refractivity contribution in [2.24, 2.45) is 0 Å². The summed E-state index contributed by atoms with van der Waals surface area (Å²) in [4.78, 5) is 22.4. The first-order valence-electron chi connectivity index (χ1n) is 6.25. The van der Waals surface area contributed by atoms with Crippen LogP contribution in [0.3, 0.4) is 0 Å². The van der Waals surface area contributed by atoms with Gasteiger partial charge in [0.25, 0.3) is 11.6 Å². The predicted molar refractivity (Wildman–Crippen MR) is 75.4 cm³/mol. The number of benzene rings is 2. The molecule has 2 rings (SSSR count). The Bertz CT molecular complexity index is 701. The van der Waals surface area contributed by atoms with E-state index in [0.717, 1.165) is 0 Å². The molecule has 0 atom stereocenters. The first kappa shape index (κ1) is 14.6. The van der Waals surface area contributed by atoms with Crippen molar-refractivity contribution in [3.8, 4) is 0 Å². The van der Waals surface area contributed by atoms with Crippen LogP contribution in [0.5, 0.6) is 0 Å². The van der Waals surface area contributed by atoms with Gasteiger partial charge in [-0.25, -0.2) is 4.39 Å². The van der Waals surface area contributed by atoms with Gasteiger partial charge in [0.15, 0.2) is 0 Å². The monoisotopic (exact) mass is 288 g/mol. The lowest BCUT2D eigenvalue weighted by Gasteiger charge is -2.08. The normalized spacial score (nSPS) is 10.2. The molecule has 0 aliphatic rings. The molecule has 0 aromatic heterocycles. The van der Waals surface area contributed by atoms with Crippen LogP contribution in [0.1, 0.15) is 21.5 Å². The van der Waals surface area contributed by atoms with Crippen molar-refractivity contribution in [3.05, 3.63) is 75.1 Å². The van der Waals surface area contributed by atoms with E-state index in [1.165, 1.54) is 24.3 Å². The van der Waals surface area contributed by atoms with Gasteiger partial charge in [0.2, 0.25) is 0 Å². The van der Waals surface area contributed by atoms with Crippen molar-refractivity contribution >= 4 is 11.6 Å². The van der Waals surface area contributed by atoms with Crippen LogP contribution in [-0.4, -0.2) is 10.8 Å². The summed E-state index contributed by atoms with van der Waals surface area (Å²) in [7, 11) is 0. The van der Waals surface area contributed by atoms with E-state index in [1.807, 2.05) is 0 Å². The number of carbonyl (C=O) groups is 1. The van der Waals surface area contributed by atoms with Crippen molar-refractivity contribution in [1.29, 1.82) is 0 Å². The largest absolute Gasteiger partial charge is 0.348 e. The van der Waals surface area contributed by atoms with Gasteiger partial charge in [0.05, 0.1) is 4.92 Å². The van der Waals surface area contributed by atoms with E-state index in [1.54, 1.807) is 25.1 Å². The molecule has 0 unspecified atom stereocenters. The molecular weight excluding hydrogens is 275 g/mol. The molecule has 0 radical (unpaired) electrons. The molecule has 0 fully saturated rings. The Kier molecular flexibility index (Phi) is 4.27. The summed E-state index contributed by atoms with van der Waals surface area (Å²) in [5, 5.41) is 13.5. The second kappa shape index (κ2) is 6.13. The molecule has 1 N–H and O–H groups in total. The Morgan fingerprint density at radius 1 is 1.29 bits per heavy atom. The maximum atomic E-state index is 13.0. The molecule has 0 saturated heterocycles. The van der Waals surface area contributed by atoms with Crippen LogP contribution in [0.2, 0.25) is 0 Å². The van der Waals surface area contributed by atoms with Crippen LogP contribution >= 0.6 is 0 Å². The van der Waals surface area contributed by atoms with Crippen molar-refractivity contribution in [2.75, 3.05) is 0 Å². The van der Waals surface area contributed by atoms with Crippen molar-refractivity contribution in [2.45, 2.75) is 13.5 Å². The second-order valence-corrected chi connectivity index (χ2v) is 4.53. The van der Waals surface area contributed by atoms with Crippen LogP contribution in [-0.2, 0) is 6.54 Å². The first-order valence-corrected chi connectivity index (χ1v) is 6.25. The molecule has 6 heteroatoms. The Labute approximate surface area is 120 Å². The minimum atomic E-state index is -0.495. The number of rotatable bonds is 4. The molecular formula is C15H13FN2O3. The molecule has 0 saturated carbocycles. The topological polar surface area (TPSA) is 72.2 Å². The maximum Gasteiger partial charge on any atom is 0.274 e. The number of nitro benzene ring substituents is 1. The second-order valence-electron chi connectivity index (χ2n) is 4.53. The minimum Gasteiger partial charge on any atom is -0.348 e. The Balaban J connectivity index is 2.13. The number of aryl methyl sites for hydroxylation is 1. The number of para-hydroxylation sites is 1. The average molecular weight is 288 g/mol. The lowest BCUT2D eigenvalue weighted by Crippen LogP contribution is -2.24. The number of nitrogens with zero attached hydrogens (tertiary/aromatic N) is 1. The van der Waals surface area contributed by atoms with Gasteiger partial charge in [0.1, 0.15) is 5.82 Å². The van der Waals surface area contributed by atoms with Crippen LogP contribution in [0.4, 0.5) is 10.1 Å². The highest BCUT2D eigenvalue weighted by molar-refractivity contribution is 5.95. The SMILES string of the molecule is Cc1cc(F)ccc1C(=O)NCc1ccccc1[N+](=O)[O-]. The Morgan fingerprint density at radius 3 is 2.67 bits per heavy atom. The van der Waals surface area contributed by atoms with Crippen LogP contribution in [0, 0.1) is 22.9 Å². The van der Waals surface area contributed by atoms with Gasteiger partial charge in [-0.15, -0.1) is 0 Å². The van der Waals surface area contributed by atoms with E-state index in [-0.39, 0.29) is 12.2 Å². The molecule has 0 bridgehead atoms. The van der Waals surface area contributed by atoms with E-state index < -0.39 is 16.6 Å². The number of nitro groups is 1. The third-order valence-corrected chi connectivity index (χ3v) is 3.06. The molecule has 108 valence electrons. The predicted octanol–water partition coefficient (Wildman–Crippen LogP) is 2.97. The summed E-state index contributed by atoms with van der Waals surface area (Å²) in [6, 6.07) is 10.0. The van der Waals surface area contributed by atoms with Crippen molar-refractivity contribution < 1.29 is 14.1 Å². The first-order chi connectivity index (χ1) is 9.99. The number of amides is 1. The van der Waals surface area contributed by atoms with Crippen LogP contribution in [0.15, 0.2) is 42.5 Å². The number of halogens is 1.